The van der Waals surface area contributed by atoms with Crippen LogP contribution in [0.1, 0.15) is 116 Å². The van der Waals surface area contributed by atoms with Gasteiger partial charge in [-0.25, -0.2) is 0 Å². The van der Waals surface area contributed by atoms with Crippen LogP contribution in [0.15, 0.2) is 222 Å². The van der Waals surface area contributed by atoms with Crippen molar-refractivity contribution in [3.05, 3.63) is 274 Å². The third kappa shape index (κ3) is 6.45. The molecule has 74 heavy (non-hydrogen) atoms. The molecule has 3 aliphatic carbocycles. The molecule has 3 heteroatoms. The zero-order valence-corrected chi connectivity index (χ0v) is 44.1. The minimum Gasteiger partial charge on any atom is -0.457 e. The average Bonchev–Trinajstić information content (AvgIpc) is 3.87. The molecule has 9 aromatic carbocycles. The van der Waals surface area contributed by atoms with Crippen LogP contribution < -0.4 is 9.64 Å². The van der Waals surface area contributed by atoms with Gasteiger partial charge in [0.25, 0.3) is 0 Å². The van der Waals surface area contributed by atoms with Crippen LogP contribution in [-0.2, 0) is 21.7 Å². The van der Waals surface area contributed by atoms with Crippen molar-refractivity contribution in [2.24, 2.45) is 5.92 Å². The first-order valence-electron chi connectivity index (χ1n) is 26.5. The van der Waals surface area contributed by atoms with E-state index in [4.69, 9.17) is 4.74 Å². The van der Waals surface area contributed by atoms with Gasteiger partial charge < -0.3 is 9.64 Å². The summed E-state index contributed by atoms with van der Waals surface area (Å²) in [6, 6.07) is 74.2. The van der Waals surface area contributed by atoms with Crippen molar-refractivity contribution in [1.82, 2.24) is 0 Å². The van der Waals surface area contributed by atoms with Crippen molar-refractivity contribution in [3.8, 4) is 33.8 Å². The Labute approximate surface area is 441 Å². The van der Waals surface area contributed by atoms with Crippen LogP contribution in [0.25, 0.3) is 27.8 Å². The van der Waals surface area contributed by atoms with Crippen molar-refractivity contribution in [3.63, 3.8) is 0 Å². The molecule has 14 rings (SSSR count). The zero-order valence-electron chi connectivity index (χ0n) is 43.3. The second-order valence-electron chi connectivity index (χ2n) is 23.3. The predicted molar refractivity (Wildman–Crippen MR) is 308 cm³/mol. The largest absolute Gasteiger partial charge is 0.457 e. The number of fused-ring (bicyclic) bond motifs is 18. The smallest absolute Gasteiger partial charge is 0.132 e. The van der Waals surface area contributed by atoms with Crippen LogP contribution in [0.4, 0.5) is 17.1 Å². The quantitative estimate of drug-likeness (QED) is 0.174. The number of allylic oxidation sites excluding steroid dienone is 4. The lowest BCUT2D eigenvalue weighted by molar-refractivity contribution is 0.436. The highest BCUT2D eigenvalue weighted by Gasteiger charge is 2.53. The Kier molecular flexibility index (Phi) is 9.87. The van der Waals surface area contributed by atoms with Gasteiger partial charge in [0.2, 0.25) is 0 Å². The van der Waals surface area contributed by atoms with Gasteiger partial charge in [0.1, 0.15) is 11.5 Å². The van der Waals surface area contributed by atoms with Crippen molar-refractivity contribution in [2.75, 3.05) is 4.90 Å². The highest BCUT2D eigenvalue weighted by molar-refractivity contribution is 7.99. The Bertz CT molecular complexity index is 3770. The van der Waals surface area contributed by atoms with Crippen LogP contribution in [0.5, 0.6) is 11.5 Å². The van der Waals surface area contributed by atoms with Crippen molar-refractivity contribution < 1.29 is 4.74 Å². The summed E-state index contributed by atoms with van der Waals surface area (Å²) in [5.74, 6) is 2.27. The van der Waals surface area contributed by atoms with Crippen molar-refractivity contribution in [1.29, 1.82) is 0 Å². The molecule has 0 bridgehead atoms. The molecule has 2 spiro atoms. The van der Waals surface area contributed by atoms with Gasteiger partial charge in [0, 0.05) is 38.0 Å². The monoisotopic (exact) mass is 973 g/mol. The molecule has 2 aliphatic heterocycles. The minimum atomic E-state index is -0.605. The summed E-state index contributed by atoms with van der Waals surface area (Å²) in [4.78, 5) is 5.13. The second kappa shape index (κ2) is 16.2. The molecule has 0 amide bonds. The van der Waals surface area contributed by atoms with E-state index in [-0.39, 0.29) is 10.8 Å². The third-order valence-corrected chi connectivity index (χ3v) is 18.0. The van der Waals surface area contributed by atoms with Gasteiger partial charge in [0.05, 0.1) is 10.8 Å². The maximum absolute atomic E-state index is 7.00. The highest BCUT2D eigenvalue weighted by Crippen LogP contribution is 2.65. The van der Waals surface area contributed by atoms with Crippen molar-refractivity contribution in [2.45, 2.75) is 86.3 Å². The van der Waals surface area contributed by atoms with E-state index in [0.29, 0.717) is 5.92 Å². The maximum Gasteiger partial charge on any atom is 0.132 e. The van der Waals surface area contributed by atoms with Crippen molar-refractivity contribution >= 4 is 34.4 Å². The SMILES string of the molecule is CC1C=C(c2ccc(N(c3ccc4c(c3)C3(c5ccccc5O4)c4ccccc4-c4ccccc43)c3ccc4c(c3)C3(c5cc(C(C)(C)C)ccc5Sc5ccc(C(C)(C)C)cc53)c3ccccc3-4)cc2)C=CC1. The molecule has 1 unspecified atom stereocenters. The molecule has 0 radical (unpaired) electrons. The summed E-state index contributed by atoms with van der Waals surface area (Å²) in [5, 5.41) is 0. The Morgan fingerprint density at radius 1 is 0.446 bits per heavy atom. The maximum atomic E-state index is 7.00. The van der Waals surface area contributed by atoms with E-state index in [1.165, 1.54) is 87.7 Å². The summed E-state index contributed by atoms with van der Waals surface area (Å²) < 4.78 is 7.00. The van der Waals surface area contributed by atoms with Crippen LogP contribution in [-0.4, -0.2) is 0 Å². The van der Waals surface area contributed by atoms with E-state index < -0.39 is 10.8 Å². The molecular formula is C71H59NOS. The normalized spacial score (nSPS) is 16.7. The zero-order chi connectivity index (χ0) is 50.3. The van der Waals surface area contributed by atoms with Crippen LogP contribution in [0.3, 0.4) is 0 Å². The van der Waals surface area contributed by atoms with Crippen LogP contribution in [0.2, 0.25) is 0 Å². The lowest BCUT2D eigenvalue weighted by Gasteiger charge is -2.42. The molecule has 0 saturated heterocycles. The number of hydrogen-bond acceptors (Lipinski definition) is 3. The van der Waals surface area contributed by atoms with E-state index in [9.17, 15) is 0 Å². The van der Waals surface area contributed by atoms with Gasteiger partial charge in [-0.2, -0.15) is 0 Å². The summed E-state index contributed by atoms with van der Waals surface area (Å²) in [6.07, 6.45) is 8.09. The van der Waals surface area contributed by atoms with E-state index in [0.717, 1.165) is 46.1 Å². The van der Waals surface area contributed by atoms with Crippen LogP contribution >= 0.6 is 11.8 Å². The molecule has 0 fully saturated rings. The molecular weight excluding hydrogens is 915 g/mol. The fraction of sp³-hybridized carbons (Fsp3) is 0.183. The molecule has 9 aromatic rings. The van der Waals surface area contributed by atoms with Gasteiger partial charge in [-0.3, -0.25) is 0 Å². The summed E-state index contributed by atoms with van der Waals surface area (Å²) in [7, 11) is 0. The fourth-order valence-electron chi connectivity index (χ4n) is 13.3. The molecule has 0 N–H and O–H groups in total. The lowest BCUT2D eigenvalue weighted by atomic mass is 9.65. The first-order chi connectivity index (χ1) is 35.8. The predicted octanol–water partition coefficient (Wildman–Crippen LogP) is 19.0. The van der Waals surface area contributed by atoms with E-state index in [1.807, 2.05) is 11.8 Å². The molecule has 0 saturated carbocycles. The van der Waals surface area contributed by atoms with E-state index >= 15 is 0 Å². The lowest BCUT2D eigenvalue weighted by Crippen LogP contribution is -2.33. The van der Waals surface area contributed by atoms with E-state index in [2.05, 4.69) is 266 Å². The number of benzene rings is 9. The van der Waals surface area contributed by atoms with Crippen LogP contribution in [0, 0.1) is 5.92 Å². The molecule has 1 atom stereocenters. The van der Waals surface area contributed by atoms with Gasteiger partial charge in [-0.1, -0.05) is 212 Å². The standard InChI is InChI=1S/C71H59NOS/c1-44-17-16-18-46(39-44)45-27-31-49(32-28-45)72(51-34-36-65-61(43-51)70(59-25-14-15-26-64(59)73-65)56-22-11-8-19-52(56)53-20-9-12-23-57(53)70)50-33-35-55-54-21-10-13-24-58(54)71(60(55)42-50)62-40-47(68(2,3)4)29-37-66(62)74-67-38-30-48(41-63(67)71)69(5,6)7/h8-16,18-44H,17H2,1-7H3. The molecule has 0 aromatic heterocycles. The molecule has 5 aliphatic rings. The van der Waals surface area contributed by atoms with Gasteiger partial charge in [-0.05, 0) is 162 Å². The summed E-state index contributed by atoms with van der Waals surface area (Å²) in [6.45, 7) is 16.4. The molecule has 2 nitrogen and oxygen atoms in total. The molecule has 2 heterocycles. The Balaban J connectivity index is 1.05. The highest BCUT2D eigenvalue weighted by atomic mass is 32.2. The van der Waals surface area contributed by atoms with E-state index in [1.54, 1.807) is 0 Å². The minimum absolute atomic E-state index is 0.0456. The van der Waals surface area contributed by atoms with Gasteiger partial charge >= 0.3 is 0 Å². The fourth-order valence-corrected chi connectivity index (χ4v) is 14.4. The number of nitrogens with zero attached hydrogens (tertiary/aromatic N) is 1. The summed E-state index contributed by atoms with van der Waals surface area (Å²) >= 11 is 1.92. The van der Waals surface area contributed by atoms with Gasteiger partial charge in [0.15, 0.2) is 0 Å². The average molecular weight is 974 g/mol. The molecule has 360 valence electrons. The first-order valence-corrected chi connectivity index (χ1v) is 27.3. The number of hydrogen-bond donors (Lipinski definition) is 0. The summed E-state index contributed by atoms with van der Waals surface area (Å²) in [5.41, 5.74) is 22.5. The number of rotatable bonds is 4. The second-order valence-corrected chi connectivity index (χ2v) is 24.4. The first kappa shape index (κ1) is 45.1. The third-order valence-electron chi connectivity index (χ3n) is 16.8. The number of para-hydroxylation sites is 1. The Hall–Kier alpha value is -7.59. The topological polar surface area (TPSA) is 12.5 Å². The number of ether oxygens (including phenoxy) is 1. The Morgan fingerprint density at radius 2 is 0.919 bits per heavy atom. The Morgan fingerprint density at radius 3 is 1.49 bits per heavy atom. The number of anilines is 3. The van der Waals surface area contributed by atoms with Gasteiger partial charge in [-0.15, -0.1) is 0 Å².